The Morgan fingerprint density at radius 2 is 1.86 bits per heavy atom. The maximum atomic E-state index is 14.4. The van der Waals surface area contributed by atoms with Gasteiger partial charge in [0.2, 0.25) is 11.8 Å². The van der Waals surface area contributed by atoms with Crippen molar-refractivity contribution < 1.29 is 23.2 Å². The molecule has 0 aliphatic carbocycles. The number of hydrazine groups is 1. The lowest BCUT2D eigenvalue weighted by Gasteiger charge is -2.54. The zero-order chi connectivity index (χ0) is 25.1. The van der Waals surface area contributed by atoms with Crippen molar-refractivity contribution in [3.8, 4) is 0 Å². The highest BCUT2D eigenvalue weighted by Crippen LogP contribution is 2.29. The number of nitrogens with one attached hydrogen (secondary N) is 1. The average Bonchev–Trinajstić information content (AvgIpc) is 2.82. The number of benzene rings is 2. The topological polar surface area (TPSA) is 76.2 Å². The maximum absolute atomic E-state index is 14.4. The standard InChI is InChI=1S/C25H29F2N5O3/c1-3-7-21-24(34)30(14-18-10-11-19(26)12-20(18)27)15-22-31(21)23(33)16-29(2)32(22)25(35)28-13-17-8-5-4-6-9-17/h4-6,8-12,21-22H,3,7,13-16H2,1-2H3,(H,28,35)/t21-,22?/m0/s1. The van der Waals surface area contributed by atoms with Crippen molar-refractivity contribution in [3.05, 3.63) is 71.3 Å². The van der Waals surface area contributed by atoms with Gasteiger partial charge in [0.1, 0.15) is 23.8 Å². The molecule has 2 fully saturated rings. The van der Waals surface area contributed by atoms with Gasteiger partial charge in [-0.3, -0.25) is 9.59 Å². The predicted octanol–water partition coefficient (Wildman–Crippen LogP) is 2.70. The Balaban J connectivity index is 1.61. The third-order valence-corrected chi connectivity index (χ3v) is 6.37. The molecular weight excluding hydrogens is 456 g/mol. The van der Waals surface area contributed by atoms with E-state index in [1.807, 2.05) is 37.3 Å². The van der Waals surface area contributed by atoms with Crippen LogP contribution in [0.5, 0.6) is 0 Å². The van der Waals surface area contributed by atoms with Crippen LogP contribution in [0.1, 0.15) is 30.9 Å². The molecule has 2 aliphatic rings. The SMILES string of the molecule is CCC[C@H]1C(=O)N(Cc2ccc(F)cc2F)CC2N1C(=O)CN(C)N2C(=O)NCc1ccccc1. The average molecular weight is 486 g/mol. The Bertz CT molecular complexity index is 1100. The van der Waals surface area contributed by atoms with E-state index in [0.29, 0.717) is 19.4 Å². The van der Waals surface area contributed by atoms with Crippen molar-refractivity contribution in [1.29, 1.82) is 0 Å². The van der Waals surface area contributed by atoms with Gasteiger partial charge in [-0.25, -0.2) is 23.6 Å². The summed E-state index contributed by atoms with van der Waals surface area (Å²) in [5.74, 6) is -2.01. The number of carbonyl (C=O) groups excluding carboxylic acids is 3. The van der Waals surface area contributed by atoms with Gasteiger partial charge >= 0.3 is 6.03 Å². The highest BCUT2D eigenvalue weighted by Gasteiger charge is 2.50. The number of piperazine rings is 1. The third kappa shape index (κ3) is 5.12. The fourth-order valence-corrected chi connectivity index (χ4v) is 4.71. The summed E-state index contributed by atoms with van der Waals surface area (Å²) >= 11 is 0. The minimum Gasteiger partial charge on any atom is -0.333 e. The molecule has 35 heavy (non-hydrogen) atoms. The second-order valence-corrected chi connectivity index (χ2v) is 8.85. The van der Waals surface area contributed by atoms with Gasteiger partial charge < -0.3 is 15.1 Å². The molecule has 10 heteroatoms. The van der Waals surface area contributed by atoms with Gasteiger partial charge in [0, 0.05) is 31.8 Å². The smallest absolute Gasteiger partial charge is 0.333 e. The molecule has 2 atom stereocenters. The van der Waals surface area contributed by atoms with Crippen LogP contribution in [0.15, 0.2) is 48.5 Å². The van der Waals surface area contributed by atoms with Crippen molar-refractivity contribution in [1.82, 2.24) is 25.1 Å². The van der Waals surface area contributed by atoms with Crippen molar-refractivity contribution >= 4 is 17.8 Å². The third-order valence-electron chi connectivity index (χ3n) is 6.37. The summed E-state index contributed by atoms with van der Waals surface area (Å²) in [6.07, 6.45) is 0.295. The number of halogens is 2. The molecule has 2 aromatic carbocycles. The molecule has 0 bridgehead atoms. The van der Waals surface area contributed by atoms with Crippen molar-refractivity contribution in [3.63, 3.8) is 0 Å². The Kier molecular flexibility index (Phi) is 7.30. The van der Waals surface area contributed by atoms with Gasteiger partial charge in [-0.2, -0.15) is 0 Å². The van der Waals surface area contributed by atoms with Crippen LogP contribution in [0.25, 0.3) is 0 Å². The van der Waals surface area contributed by atoms with E-state index in [9.17, 15) is 23.2 Å². The monoisotopic (exact) mass is 485 g/mol. The lowest BCUT2D eigenvalue weighted by Crippen LogP contribution is -2.75. The maximum Gasteiger partial charge on any atom is 0.334 e. The molecule has 2 heterocycles. The van der Waals surface area contributed by atoms with Crippen molar-refractivity contribution in [2.45, 2.75) is 45.1 Å². The van der Waals surface area contributed by atoms with Gasteiger partial charge in [-0.15, -0.1) is 0 Å². The zero-order valence-electron chi connectivity index (χ0n) is 19.8. The highest BCUT2D eigenvalue weighted by molar-refractivity contribution is 5.91. The van der Waals surface area contributed by atoms with E-state index in [-0.39, 0.29) is 37.0 Å². The first-order valence-electron chi connectivity index (χ1n) is 11.7. The van der Waals surface area contributed by atoms with Crippen LogP contribution in [0.4, 0.5) is 13.6 Å². The summed E-state index contributed by atoms with van der Waals surface area (Å²) in [5.41, 5.74) is 1.09. The normalized spacial score (nSPS) is 20.7. The van der Waals surface area contributed by atoms with E-state index in [1.165, 1.54) is 20.9 Å². The van der Waals surface area contributed by atoms with Crippen LogP contribution in [-0.2, 0) is 22.7 Å². The number of likely N-dealkylation sites (N-methyl/N-ethyl adjacent to an activating group) is 1. The molecule has 2 aromatic rings. The number of hydrogen-bond acceptors (Lipinski definition) is 4. The van der Waals surface area contributed by atoms with Gasteiger partial charge in [0.15, 0.2) is 0 Å². The minimum atomic E-state index is -0.770. The van der Waals surface area contributed by atoms with Crippen LogP contribution >= 0.6 is 0 Å². The van der Waals surface area contributed by atoms with Gasteiger partial charge in [-0.05, 0) is 18.1 Å². The first-order valence-corrected chi connectivity index (χ1v) is 11.7. The number of rotatable bonds is 6. The molecule has 4 amide bonds. The molecule has 1 unspecified atom stereocenters. The molecule has 2 aliphatic heterocycles. The highest BCUT2D eigenvalue weighted by atomic mass is 19.1. The number of carbonyl (C=O) groups is 3. The molecule has 0 saturated carbocycles. The molecule has 0 spiro atoms. The van der Waals surface area contributed by atoms with E-state index in [1.54, 1.807) is 12.1 Å². The summed E-state index contributed by atoms with van der Waals surface area (Å²) in [6, 6.07) is 11.5. The number of fused-ring (bicyclic) bond motifs is 1. The van der Waals surface area contributed by atoms with Crippen LogP contribution in [-0.4, -0.2) is 70.0 Å². The van der Waals surface area contributed by atoms with E-state index >= 15 is 0 Å². The largest absolute Gasteiger partial charge is 0.334 e. The minimum absolute atomic E-state index is 0.00466. The van der Waals surface area contributed by atoms with Crippen LogP contribution in [0.2, 0.25) is 0 Å². The first-order chi connectivity index (χ1) is 16.8. The summed E-state index contributed by atoms with van der Waals surface area (Å²) in [7, 11) is 1.65. The predicted molar refractivity (Wildman–Crippen MR) is 124 cm³/mol. The molecular formula is C25H29F2N5O3. The number of amides is 4. The summed E-state index contributed by atoms with van der Waals surface area (Å²) in [4.78, 5) is 42.6. The Labute approximate surface area is 203 Å². The second kappa shape index (κ2) is 10.4. The van der Waals surface area contributed by atoms with Crippen LogP contribution in [0.3, 0.4) is 0 Å². The molecule has 1 N–H and O–H groups in total. The fraction of sp³-hybridized carbons (Fsp3) is 0.400. The van der Waals surface area contributed by atoms with Crippen LogP contribution < -0.4 is 5.32 Å². The Morgan fingerprint density at radius 3 is 2.54 bits per heavy atom. The quantitative estimate of drug-likeness (QED) is 0.683. The molecule has 0 aromatic heterocycles. The van der Waals surface area contributed by atoms with Gasteiger partial charge in [-0.1, -0.05) is 49.7 Å². The van der Waals surface area contributed by atoms with E-state index in [4.69, 9.17) is 0 Å². The molecule has 0 radical (unpaired) electrons. The van der Waals surface area contributed by atoms with E-state index in [0.717, 1.165) is 17.7 Å². The molecule has 4 rings (SSSR count). The Hall–Kier alpha value is -3.53. The number of urea groups is 1. The Morgan fingerprint density at radius 1 is 1.11 bits per heavy atom. The number of hydrogen-bond donors (Lipinski definition) is 1. The molecule has 8 nitrogen and oxygen atoms in total. The first kappa shape index (κ1) is 24.6. The molecule has 2 saturated heterocycles. The number of nitrogens with zero attached hydrogens (tertiary/aromatic N) is 4. The van der Waals surface area contributed by atoms with Gasteiger partial charge in [0.25, 0.3) is 0 Å². The lowest BCUT2D eigenvalue weighted by molar-refractivity contribution is -0.188. The zero-order valence-corrected chi connectivity index (χ0v) is 19.8. The summed E-state index contributed by atoms with van der Waals surface area (Å²) in [5, 5.41) is 5.88. The molecule has 186 valence electrons. The van der Waals surface area contributed by atoms with Gasteiger partial charge in [0.05, 0.1) is 13.1 Å². The summed E-state index contributed by atoms with van der Waals surface area (Å²) < 4.78 is 27.8. The van der Waals surface area contributed by atoms with E-state index in [2.05, 4.69) is 5.32 Å². The van der Waals surface area contributed by atoms with Crippen molar-refractivity contribution in [2.75, 3.05) is 20.1 Å². The van der Waals surface area contributed by atoms with Crippen molar-refractivity contribution in [2.24, 2.45) is 0 Å². The van der Waals surface area contributed by atoms with Crippen LogP contribution in [0, 0.1) is 11.6 Å². The van der Waals surface area contributed by atoms with E-state index < -0.39 is 29.9 Å². The summed E-state index contributed by atoms with van der Waals surface area (Å²) in [6.45, 7) is 2.07. The fourth-order valence-electron chi connectivity index (χ4n) is 4.71. The second-order valence-electron chi connectivity index (χ2n) is 8.85. The lowest BCUT2D eigenvalue weighted by atomic mass is 10.0.